The smallest absolute Gasteiger partial charge is 0.254 e. The summed E-state index contributed by atoms with van der Waals surface area (Å²) in [5.74, 6) is -0.152. The van der Waals surface area contributed by atoms with E-state index in [0.717, 1.165) is 22.0 Å². The molecule has 2 aliphatic rings. The summed E-state index contributed by atoms with van der Waals surface area (Å²) in [5.41, 5.74) is 2.27. The molecule has 0 radical (unpaired) electrons. The molecule has 0 spiro atoms. The molecule has 5 heteroatoms. The van der Waals surface area contributed by atoms with Crippen molar-refractivity contribution in [1.82, 2.24) is 4.90 Å². The van der Waals surface area contributed by atoms with Gasteiger partial charge >= 0.3 is 0 Å². The Bertz CT molecular complexity index is 1150. The molecule has 2 aliphatic heterocycles. The molecule has 1 amide bonds. The fourth-order valence-corrected chi connectivity index (χ4v) is 4.25. The molecule has 1 fully saturated rings. The van der Waals surface area contributed by atoms with Gasteiger partial charge in [-0.1, -0.05) is 54.6 Å². The Morgan fingerprint density at radius 3 is 2.39 bits per heavy atom. The largest absolute Gasteiger partial charge is 0.386 e. The zero-order valence-corrected chi connectivity index (χ0v) is 14.9. The molecular formula is C23H17N3O2. The fraction of sp³-hybridized carbons (Fsp3) is 0.130. The standard InChI is InChI=1S/C23H17N3O2/c24-14-16-10-11-19(18-9-5-4-8-17(16)18)26-22(15-6-2-1-3-7-15)25-13-12-20(27)21(25)23(26)28/h1-13,20-22,27H/t20-,21-,22-/m0/s1. The number of carbonyl (C=O) groups excluding carboxylic acids is 1. The normalized spacial score (nSPS) is 23.3. The van der Waals surface area contributed by atoms with Crippen molar-refractivity contribution in [3.63, 3.8) is 0 Å². The molecule has 1 saturated heterocycles. The van der Waals surface area contributed by atoms with E-state index in [9.17, 15) is 15.2 Å². The van der Waals surface area contributed by atoms with Gasteiger partial charge in [0, 0.05) is 17.0 Å². The lowest BCUT2D eigenvalue weighted by molar-refractivity contribution is -0.120. The van der Waals surface area contributed by atoms with Gasteiger partial charge < -0.3 is 10.0 Å². The van der Waals surface area contributed by atoms with E-state index in [1.165, 1.54) is 0 Å². The van der Waals surface area contributed by atoms with Crippen LogP contribution < -0.4 is 4.90 Å². The number of benzene rings is 3. The number of aliphatic hydroxyl groups excluding tert-OH is 1. The van der Waals surface area contributed by atoms with Gasteiger partial charge in [0.25, 0.3) is 5.91 Å². The van der Waals surface area contributed by atoms with E-state index in [1.54, 1.807) is 23.2 Å². The summed E-state index contributed by atoms with van der Waals surface area (Å²) >= 11 is 0. The quantitative estimate of drug-likeness (QED) is 0.755. The van der Waals surface area contributed by atoms with Crippen molar-refractivity contribution in [2.75, 3.05) is 4.90 Å². The maximum atomic E-state index is 13.4. The zero-order chi connectivity index (χ0) is 19.3. The molecule has 2 heterocycles. The molecule has 3 atom stereocenters. The Hall–Kier alpha value is -3.62. The summed E-state index contributed by atoms with van der Waals surface area (Å²) in [5, 5.41) is 21.5. The van der Waals surface area contributed by atoms with Gasteiger partial charge in [0.05, 0.1) is 17.3 Å². The van der Waals surface area contributed by atoms with Crippen molar-refractivity contribution in [2.24, 2.45) is 0 Å². The second kappa shape index (κ2) is 6.22. The molecule has 0 bridgehead atoms. The summed E-state index contributed by atoms with van der Waals surface area (Å²) in [7, 11) is 0. The lowest BCUT2D eigenvalue weighted by Gasteiger charge is -2.30. The van der Waals surface area contributed by atoms with Gasteiger partial charge in [-0.25, -0.2) is 0 Å². The summed E-state index contributed by atoms with van der Waals surface area (Å²) in [6, 6.07) is 22.6. The molecule has 0 aliphatic carbocycles. The number of nitrogens with zero attached hydrogens (tertiary/aromatic N) is 3. The monoisotopic (exact) mass is 367 g/mol. The van der Waals surface area contributed by atoms with Crippen LogP contribution in [-0.2, 0) is 4.79 Å². The van der Waals surface area contributed by atoms with Crippen molar-refractivity contribution in [3.8, 4) is 6.07 Å². The van der Waals surface area contributed by atoms with Crippen molar-refractivity contribution < 1.29 is 9.90 Å². The number of nitriles is 1. The summed E-state index contributed by atoms with van der Waals surface area (Å²) < 4.78 is 0. The Balaban J connectivity index is 1.74. The molecule has 0 aromatic heterocycles. The molecule has 3 aromatic rings. The predicted octanol–water partition coefficient (Wildman–Crippen LogP) is 3.32. The van der Waals surface area contributed by atoms with Crippen LogP contribution in [0.25, 0.3) is 10.8 Å². The number of aliphatic hydroxyl groups is 1. The number of fused-ring (bicyclic) bond motifs is 2. The Morgan fingerprint density at radius 1 is 0.929 bits per heavy atom. The third-order valence-corrected chi connectivity index (χ3v) is 5.50. The second-order valence-electron chi connectivity index (χ2n) is 7.01. The molecule has 5 nitrogen and oxygen atoms in total. The van der Waals surface area contributed by atoms with Gasteiger partial charge in [-0.3, -0.25) is 9.69 Å². The third kappa shape index (κ3) is 2.25. The maximum Gasteiger partial charge on any atom is 0.254 e. The molecule has 136 valence electrons. The van der Waals surface area contributed by atoms with Gasteiger partial charge in [-0.05, 0) is 23.8 Å². The first-order chi connectivity index (χ1) is 13.7. The number of anilines is 1. The number of rotatable bonds is 2. The van der Waals surface area contributed by atoms with E-state index in [1.807, 2.05) is 65.6 Å². The highest BCUT2D eigenvalue weighted by atomic mass is 16.3. The number of hydrogen-bond acceptors (Lipinski definition) is 4. The van der Waals surface area contributed by atoms with E-state index in [0.29, 0.717) is 5.56 Å². The minimum absolute atomic E-state index is 0.152. The molecular weight excluding hydrogens is 350 g/mol. The first-order valence-electron chi connectivity index (χ1n) is 9.14. The predicted molar refractivity (Wildman–Crippen MR) is 106 cm³/mol. The Labute approximate surface area is 162 Å². The first-order valence-corrected chi connectivity index (χ1v) is 9.14. The van der Waals surface area contributed by atoms with Crippen LogP contribution in [0.5, 0.6) is 0 Å². The third-order valence-electron chi connectivity index (χ3n) is 5.50. The molecule has 0 saturated carbocycles. The Morgan fingerprint density at radius 2 is 1.64 bits per heavy atom. The van der Waals surface area contributed by atoms with Gasteiger partial charge in [0.15, 0.2) is 0 Å². The first kappa shape index (κ1) is 16.5. The van der Waals surface area contributed by atoms with Crippen LogP contribution in [-0.4, -0.2) is 28.1 Å². The van der Waals surface area contributed by atoms with E-state index in [4.69, 9.17) is 0 Å². The van der Waals surface area contributed by atoms with E-state index < -0.39 is 12.1 Å². The minimum atomic E-state index is -0.839. The number of carbonyl (C=O) groups is 1. The number of hydrogen-bond donors (Lipinski definition) is 1. The average Bonchev–Trinajstić information content (AvgIpc) is 3.26. The van der Waals surface area contributed by atoms with Crippen LogP contribution in [0, 0.1) is 11.3 Å². The van der Waals surface area contributed by atoms with Gasteiger partial charge in [0.1, 0.15) is 18.3 Å². The lowest BCUT2D eigenvalue weighted by Crippen LogP contribution is -2.36. The van der Waals surface area contributed by atoms with Crippen LogP contribution >= 0.6 is 0 Å². The van der Waals surface area contributed by atoms with E-state index in [2.05, 4.69) is 6.07 Å². The van der Waals surface area contributed by atoms with E-state index in [-0.39, 0.29) is 12.1 Å². The lowest BCUT2D eigenvalue weighted by atomic mass is 10.0. The highest BCUT2D eigenvalue weighted by molar-refractivity contribution is 6.09. The fourth-order valence-electron chi connectivity index (χ4n) is 4.25. The van der Waals surface area contributed by atoms with Crippen LogP contribution in [0.2, 0.25) is 0 Å². The van der Waals surface area contributed by atoms with Gasteiger partial charge in [-0.15, -0.1) is 0 Å². The number of amides is 1. The summed E-state index contributed by atoms with van der Waals surface area (Å²) in [6.45, 7) is 0. The SMILES string of the molecule is N#Cc1ccc(N2C(=O)[C@@H]3[C@@H](O)C=CN3[C@@H]2c2ccccc2)c2ccccc12. The van der Waals surface area contributed by atoms with E-state index >= 15 is 0 Å². The highest BCUT2D eigenvalue weighted by Crippen LogP contribution is 2.44. The molecule has 5 rings (SSSR count). The second-order valence-corrected chi connectivity index (χ2v) is 7.01. The van der Waals surface area contributed by atoms with Crippen LogP contribution in [0.1, 0.15) is 17.3 Å². The van der Waals surface area contributed by atoms with Gasteiger partial charge in [0.2, 0.25) is 0 Å². The minimum Gasteiger partial charge on any atom is -0.386 e. The van der Waals surface area contributed by atoms with Crippen molar-refractivity contribution in [3.05, 3.63) is 90.1 Å². The van der Waals surface area contributed by atoms with Gasteiger partial charge in [-0.2, -0.15) is 5.26 Å². The van der Waals surface area contributed by atoms with Crippen LogP contribution in [0.4, 0.5) is 5.69 Å². The van der Waals surface area contributed by atoms with Crippen LogP contribution in [0.3, 0.4) is 0 Å². The van der Waals surface area contributed by atoms with Crippen molar-refractivity contribution >= 4 is 22.4 Å². The average molecular weight is 367 g/mol. The van der Waals surface area contributed by atoms with Crippen molar-refractivity contribution in [2.45, 2.75) is 18.3 Å². The maximum absolute atomic E-state index is 13.4. The van der Waals surface area contributed by atoms with Crippen LogP contribution in [0.15, 0.2) is 79.0 Å². The summed E-state index contributed by atoms with van der Waals surface area (Å²) in [4.78, 5) is 17.1. The molecule has 28 heavy (non-hydrogen) atoms. The molecule has 1 N–H and O–H groups in total. The highest BCUT2D eigenvalue weighted by Gasteiger charge is 2.51. The van der Waals surface area contributed by atoms with Crippen molar-refractivity contribution in [1.29, 1.82) is 5.26 Å². The zero-order valence-electron chi connectivity index (χ0n) is 14.9. The molecule has 0 unspecified atom stereocenters. The molecule has 3 aromatic carbocycles. The summed E-state index contributed by atoms with van der Waals surface area (Å²) in [6.07, 6.45) is 2.26. The Kier molecular flexibility index (Phi) is 3.68. The topological polar surface area (TPSA) is 67.6 Å².